The van der Waals surface area contributed by atoms with E-state index in [1.165, 1.54) is 0 Å². The highest BCUT2D eigenvalue weighted by Crippen LogP contribution is 2.02. The summed E-state index contributed by atoms with van der Waals surface area (Å²) in [5.41, 5.74) is 0. The molecule has 0 saturated carbocycles. The van der Waals surface area contributed by atoms with Crippen molar-refractivity contribution < 1.29 is 0 Å². The monoisotopic (exact) mass is 133 g/mol. The molecule has 10 heavy (non-hydrogen) atoms. The van der Waals surface area contributed by atoms with Gasteiger partial charge in [-0.2, -0.15) is 0 Å². The normalized spacial score (nSPS) is 20.8. The molecule has 0 fully saturated rings. The van der Waals surface area contributed by atoms with Crippen LogP contribution in [-0.4, -0.2) is 23.6 Å². The zero-order valence-electron chi connectivity index (χ0n) is 5.44. The molecule has 0 saturated heterocycles. The molecule has 0 aromatic rings. The Kier molecular flexibility index (Phi) is 1.13. The average Bonchev–Trinajstić information content (AvgIpc) is 2.05. The number of amidine groups is 1. The van der Waals surface area contributed by atoms with E-state index in [1.807, 2.05) is 23.3 Å². The van der Waals surface area contributed by atoms with Gasteiger partial charge in [0.2, 0.25) is 0 Å². The van der Waals surface area contributed by atoms with E-state index in [0.29, 0.717) is 0 Å². The minimum absolute atomic E-state index is 0.882. The summed E-state index contributed by atoms with van der Waals surface area (Å²) in [6, 6.07) is 0. The van der Waals surface area contributed by atoms with Crippen LogP contribution in [0.3, 0.4) is 0 Å². The molecule has 0 bridgehead atoms. The maximum absolute atomic E-state index is 4.14. The van der Waals surface area contributed by atoms with Gasteiger partial charge in [-0.1, -0.05) is 0 Å². The fourth-order valence-electron chi connectivity index (χ4n) is 0.931. The first-order valence-corrected chi connectivity index (χ1v) is 3.16. The summed E-state index contributed by atoms with van der Waals surface area (Å²) in [5.74, 6) is 0.970. The molecule has 2 aliphatic rings. The first kappa shape index (κ1) is 5.41. The summed E-state index contributed by atoms with van der Waals surface area (Å²) < 4.78 is 0. The molecule has 50 valence electrons. The summed E-state index contributed by atoms with van der Waals surface area (Å²) in [7, 11) is 0. The van der Waals surface area contributed by atoms with Gasteiger partial charge in [0.05, 0.1) is 6.34 Å². The van der Waals surface area contributed by atoms with E-state index < -0.39 is 0 Å². The summed E-state index contributed by atoms with van der Waals surface area (Å²) in [6.45, 7) is 0.882. The Morgan fingerprint density at radius 3 is 3.30 bits per heavy atom. The third-order valence-corrected chi connectivity index (χ3v) is 1.42. The van der Waals surface area contributed by atoms with Crippen molar-refractivity contribution in [2.45, 2.75) is 0 Å². The van der Waals surface area contributed by atoms with Crippen molar-refractivity contribution >= 4 is 12.2 Å². The van der Waals surface area contributed by atoms with Crippen LogP contribution < -0.4 is 0 Å². The highest BCUT2D eigenvalue weighted by Gasteiger charge is 2.08. The zero-order valence-corrected chi connectivity index (χ0v) is 5.44. The van der Waals surface area contributed by atoms with Crippen molar-refractivity contribution in [1.82, 2.24) is 4.90 Å². The van der Waals surface area contributed by atoms with Crippen LogP contribution in [-0.2, 0) is 0 Å². The third kappa shape index (κ3) is 0.757. The molecule has 0 unspecified atom stereocenters. The van der Waals surface area contributed by atoms with E-state index in [-0.39, 0.29) is 0 Å². The van der Waals surface area contributed by atoms with Crippen LogP contribution in [0, 0.1) is 0 Å². The van der Waals surface area contributed by atoms with Gasteiger partial charge < -0.3 is 4.90 Å². The quantitative estimate of drug-likeness (QED) is 0.479. The molecule has 0 N–H and O–H groups in total. The van der Waals surface area contributed by atoms with Gasteiger partial charge in [0, 0.05) is 18.9 Å². The molecule has 0 aromatic heterocycles. The average molecular weight is 133 g/mol. The van der Waals surface area contributed by atoms with E-state index in [1.54, 1.807) is 12.5 Å². The lowest BCUT2D eigenvalue weighted by Gasteiger charge is -2.20. The van der Waals surface area contributed by atoms with Crippen molar-refractivity contribution in [3.8, 4) is 0 Å². The maximum atomic E-state index is 4.14. The van der Waals surface area contributed by atoms with Crippen LogP contribution in [0.4, 0.5) is 0 Å². The Hall–Kier alpha value is -1.38. The fraction of sp³-hybridized carbons (Fsp3) is 0.143. The van der Waals surface area contributed by atoms with E-state index in [0.717, 1.165) is 12.4 Å². The van der Waals surface area contributed by atoms with Gasteiger partial charge in [-0.25, -0.2) is 9.98 Å². The Balaban J connectivity index is 2.34. The lowest BCUT2D eigenvalue weighted by molar-refractivity contribution is 0.688. The van der Waals surface area contributed by atoms with Crippen LogP contribution in [0.25, 0.3) is 0 Å². The lowest BCUT2D eigenvalue weighted by Crippen LogP contribution is -2.31. The number of nitrogens with zero attached hydrogens (tertiary/aromatic N) is 3. The third-order valence-electron chi connectivity index (χ3n) is 1.42. The van der Waals surface area contributed by atoms with Crippen molar-refractivity contribution in [1.29, 1.82) is 0 Å². The van der Waals surface area contributed by atoms with Crippen molar-refractivity contribution in [3.63, 3.8) is 0 Å². The molecule has 3 nitrogen and oxygen atoms in total. The van der Waals surface area contributed by atoms with Crippen LogP contribution in [0.15, 0.2) is 34.5 Å². The Morgan fingerprint density at radius 2 is 2.40 bits per heavy atom. The molecular formula is C7H7N3. The van der Waals surface area contributed by atoms with Gasteiger partial charge >= 0.3 is 0 Å². The standard InChI is InChI=1S/C7H7N3/c1-3-9-7-2-4-8-6-10(7)5-1/h1-4,6H,5H2. The molecule has 0 atom stereocenters. The van der Waals surface area contributed by atoms with E-state index in [9.17, 15) is 0 Å². The highest BCUT2D eigenvalue weighted by molar-refractivity contribution is 6.02. The predicted octanol–water partition coefficient (Wildman–Crippen LogP) is 0.770. The van der Waals surface area contributed by atoms with Crippen molar-refractivity contribution in [2.24, 2.45) is 9.98 Å². The highest BCUT2D eigenvalue weighted by atomic mass is 15.2. The van der Waals surface area contributed by atoms with E-state index in [2.05, 4.69) is 9.98 Å². The molecule has 2 rings (SSSR count). The first-order valence-electron chi connectivity index (χ1n) is 3.16. The maximum Gasteiger partial charge on any atom is 0.135 e. The summed E-state index contributed by atoms with van der Waals surface area (Å²) in [5, 5.41) is 0. The molecule has 0 radical (unpaired) electrons. The zero-order chi connectivity index (χ0) is 6.81. The molecule has 0 aromatic carbocycles. The number of hydrogen-bond acceptors (Lipinski definition) is 3. The van der Waals surface area contributed by atoms with Crippen molar-refractivity contribution in [3.05, 3.63) is 24.6 Å². The second-order valence-corrected chi connectivity index (χ2v) is 2.10. The summed E-state index contributed by atoms with van der Waals surface area (Å²) >= 11 is 0. The number of fused-ring (bicyclic) bond motifs is 1. The SMILES string of the molecule is C1=CN=C2C=CN=CN2C1. The van der Waals surface area contributed by atoms with Gasteiger partial charge in [-0.05, 0) is 12.2 Å². The number of rotatable bonds is 0. The minimum atomic E-state index is 0.882. The van der Waals surface area contributed by atoms with Gasteiger partial charge in [0.25, 0.3) is 0 Å². The first-order chi connectivity index (χ1) is 4.97. The minimum Gasteiger partial charge on any atom is -0.313 e. The topological polar surface area (TPSA) is 28.0 Å². The van der Waals surface area contributed by atoms with Gasteiger partial charge in [0.1, 0.15) is 5.84 Å². The number of hydrogen-bond donors (Lipinski definition) is 0. The Bertz CT molecular complexity index is 248. The molecule has 0 aliphatic carbocycles. The van der Waals surface area contributed by atoms with Crippen LogP contribution in [0.1, 0.15) is 0 Å². The Morgan fingerprint density at radius 1 is 1.40 bits per heavy atom. The lowest BCUT2D eigenvalue weighted by atomic mass is 10.4. The fourth-order valence-corrected chi connectivity index (χ4v) is 0.931. The Labute approximate surface area is 59.1 Å². The van der Waals surface area contributed by atoms with Gasteiger partial charge in [-0.3, -0.25) is 0 Å². The summed E-state index contributed by atoms with van der Waals surface area (Å²) in [4.78, 5) is 10.1. The van der Waals surface area contributed by atoms with Crippen LogP contribution in [0.5, 0.6) is 0 Å². The number of aliphatic imine (C=N–C) groups is 2. The van der Waals surface area contributed by atoms with Gasteiger partial charge in [-0.15, -0.1) is 0 Å². The molecular weight excluding hydrogens is 126 g/mol. The predicted molar refractivity (Wildman–Crippen MR) is 40.9 cm³/mol. The largest absolute Gasteiger partial charge is 0.313 e. The summed E-state index contributed by atoms with van der Waals surface area (Å²) in [6.07, 6.45) is 9.23. The van der Waals surface area contributed by atoms with Crippen LogP contribution in [0.2, 0.25) is 0 Å². The molecule has 3 heteroatoms. The second-order valence-electron chi connectivity index (χ2n) is 2.10. The second kappa shape index (κ2) is 2.10. The molecule has 0 amide bonds. The van der Waals surface area contributed by atoms with E-state index >= 15 is 0 Å². The van der Waals surface area contributed by atoms with E-state index in [4.69, 9.17) is 0 Å². The molecule has 2 aliphatic heterocycles. The molecule has 0 spiro atoms. The smallest absolute Gasteiger partial charge is 0.135 e. The van der Waals surface area contributed by atoms with Crippen molar-refractivity contribution in [2.75, 3.05) is 6.54 Å². The van der Waals surface area contributed by atoms with Crippen LogP contribution >= 0.6 is 0 Å². The molecule has 2 heterocycles. The van der Waals surface area contributed by atoms with Gasteiger partial charge in [0.15, 0.2) is 0 Å².